The molecule has 0 spiro atoms. The second kappa shape index (κ2) is 14.4. The van der Waals surface area contributed by atoms with E-state index in [1.807, 2.05) is 7.05 Å². The van der Waals surface area contributed by atoms with Gasteiger partial charge in [-0.25, -0.2) is 0 Å². The summed E-state index contributed by atoms with van der Waals surface area (Å²) in [5.41, 5.74) is 0. The van der Waals surface area contributed by atoms with Crippen molar-refractivity contribution in [3.63, 3.8) is 0 Å². The van der Waals surface area contributed by atoms with E-state index in [1.54, 1.807) is 0 Å². The summed E-state index contributed by atoms with van der Waals surface area (Å²) in [7, 11) is 2.00. The Morgan fingerprint density at radius 3 is 1.92 bits per heavy atom. The molecule has 2 heteroatoms. The third kappa shape index (κ3) is 14.7. The van der Waals surface area contributed by atoms with Crippen molar-refractivity contribution in [1.29, 1.82) is 0 Å². The number of nitrogens with one attached hydrogen (secondary N) is 2. The first-order chi connectivity index (χ1) is 6.26. The highest BCUT2D eigenvalue weighted by molar-refractivity contribution is 4.66. The molecule has 82 valence electrons. The van der Waals surface area contributed by atoms with E-state index in [9.17, 15) is 0 Å². The molecule has 0 heterocycles. The van der Waals surface area contributed by atoms with Crippen LogP contribution >= 0.6 is 0 Å². The summed E-state index contributed by atoms with van der Waals surface area (Å²) in [6.45, 7) is 10.8. The maximum absolute atomic E-state index is 3.42. The largest absolute Gasteiger partial charge is 0.318 e. The van der Waals surface area contributed by atoms with Crippen LogP contribution in [0.15, 0.2) is 0 Å². The molecular formula is C11H28N2. The summed E-state index contributed by atoms with van der Waals surface area (Å²) in [5, 5.41) is 6.60. The zero-order valence-corrected chi connectivity index (χ0v) is 10.1. The minimum absolute atomic E-state index is 0.667. The number of hydrogen-bond donors (Lipinski definition) is 2. The van der Waals surface area contributed by atoms with Gasteiger partial charge in [0.1, 0.15) is 0 Å². The number of likely N-dealkylation sites (N-methyl/N-ethyl adjacent to an activating group) is 2. The minimum Gasteiger partial charge on any atom is -0.318 e. The molecule has 1 atom stereocenters. The maximum atomic E-state index is 3.42. The standard InChI is InChI=1S/C8H20N2.C3H8/c1-4-6-8(7-9-3)10-5-2;1-3-2/h8-10H,4-7H2,1-3H3;3H2,1-2H3. The first-order valence-electron chi connectivity index (χ1n) is 5.64. The van der Waals surface area contributed by atoms with Crippen LogP contribution < -0.4 is 10.6 Å². The Kier molecular flexibility index (Phi) is 17.1. The van der Waals surface area contributed by atoms with Crippen molar-refractivity contribution in [2.24, 2.45) is 0 Å². The molecule has 0 radical (unpaired) electrons. The van der Waals surface area contributed by atoms with Crippen LogP contribution in [0.1, 0.15) is 47.0 Å². The molecule has 13 heavy (non-hydrogen) atoms. The highest BCUT2D eigenvalue weighted by Gasteiger charge is 2.02. The predicted molar refractivity (Wildman–Crippen MR) is 62.3 cm³/mol. The molecule has 0 bridgehead atoms. The molecule has 0 aromatic carbocycles. The average molecular weight is 188 g/mol. The van der Waals surface area contributed by atoms with Gasteiger partial charge in [-0.15, -0.1) is 0 Å². The van der Waals surface area contributed by atoms with E-state index in [4.69, 9.17) is 0 Å². The van der Waals surface area contributed by atoms with E-state index in [2.05, 4.69) is 38.3 Å². The van der Waals surface area contributed by atoms with Crippen LogP contribution in [0.2, 0.25) is 0 Å². The minimum atomic E-state index is 0.667. The van der Waals surface area contributed by atoms with Gasteiger partial charge in [-0.3, -0.25) is 0 Å². The van der Waals surface area contributed by atoms with Gasteiger partial charge < -0.3 is 10.6 Å². The van der Waals surface area contributed by atoms with Crippen LogP contribution in [-0.2, 0) is 0 Å². The maximum Gasteiger partial charge on any atom is 0.0192 e. The van der Waals surface area contributed by atoms with E-state index >= 15 is 0 Å². The van der Waals surface area contributed by atoms with E-state index in [1.165, 1.54) is 19.3 Å². The molecule has 2 nitrogen and oxygen atoms in total. The van der Waals surface area contributed by atoms with Crippen LogP contribution in [0.25, 0.3) is 0 Å². The molecule has 1 unspecified atom stereocenters. The van der Waals surface area contributed by atoms with E-state index in [0.717, 1.165) is 13.1 Å². The summed E-state index contributed by atoms with van der Waals surface area (Å²) >= 11 is 0. The van der Waals surface area contributed by atoms with Crippen molar-refractivity contribution in [2.75, 3.05) is 20.1 Å². The Balaban J connectivity index is 0. The lowest BCUT2D eigenvalue weighted by Gasteiger charge is -2.15. The lowest BCUT2D eigenvalue weighted by atomic mass is 10.1. The smallest absolute Gasteiger partial charge is 0.0192 e. The van der Waals surface area contributed by atoms with Gasteiger partial charge in [-0.2, -0.15) is 0 Å². The van der Waals surface area contributed by atoms with Crippen molar-refractivity contribution in [3.8, 4) is 0 Å². The highest BCUT2D eigenvalue weighted by Crippen LogP contribution is 1.93. The number of rotatable bonds is 6. The van der Waals surface area contributed by atoms with Gasteiger partial charge in [0.25, 0.3) is 0 Å². The second-order valence-electron chi connectivity index (χ2n) is 3.31. The fraction of sp³-hybridized carbons (Fsp3) is 1.00. The summed E-state index contributed by atoms with van der Waals surface area (Å²) in [6.07, 6.45) is 3.79. The van der Waals surface area contributed by atoms with Crippen molar-refractivity contribution in [2.45, 2.75) is 53.0 Å². The van der Waals surface area contributed by atoms with Crippen LogP contribution in [-0.4, -0.2) is 26.2 Å². The molecule has 0 saturated heterocycles. The van der Waals surface area contributed by atoms with Crippen LogP contribution in [0.3, 0.4) is 0 Å². The predicted octanol–water partition coefficient (Wildman–Crippen LogP) is 2.40. The molecule has 0 amide bonds. The summed E-state index contributed by atoms with van der Waals surface area (Å²) in [6, 6.07) is 0.667. The van der Waals surface area contributed by atoms with Crippen molar-refractivity contribution >= 4 is 0 Å². The van der Waals surface area contributed by atoms with Gasteiger partial charge in [0.2, 0.25) is 0 Å². The van der Waals surface area contributed by atoms with Gasteiger partial charge >= 0.3 is 0 Å². The van der Waals surface area contributed by atoms with E-state index in [0.29, 0.717) is 6.04 Å². The molecule has 0 aliphatic rings. The van der Waals surface area contributed by atoms with Gasteiger partial charge in [-0.05, 0) is 20.0 Å². The first kappa shape index (κ1) is 15.4. The summed E-state index contributed by atoms with van der Waals surface area (Å²) in [5.74, 6) is 0. The van der Waals surface area contributed by atoms with Crippen molar-refractivity contribution in [1.82, 2.24) is 10.6 Å². The third-order valence-electron chi connectivity index (χ3n) is 1.58. The summed E-state index contributed by atoms with van der Waals surface area (Å²) < 4.78 is 0. The summed E-state index contributed by atoms with van der Waals surface area (Å²) in [4.78, 5) is 0. The Labute approximate surface area is 84.5 Å². The van der Waals surface area contributed by atoms with Gasteiger partial charge in [0.15, 0.2) is 0 Å². The lowest BCUT2D eigenvalue weighted by Crippen LogP contribution is -2.37. The fourth-order valence-corrected chi connectivity index (χ4v) is 1.16. The molecule has 0 aliphatic heterocycles. The molecule has 0 aliphatic carbocycles. The first-order valence-corrected chi connectivity index (χ1v) is 5.64. The monoisotopic (exact) mass is 188 g/mol. The van der Waals surface area contributed by atoms with Crippen molar-refractivity contribution < 1.29 is 0 Å². The fourth-order valence-electron chi connectivity index (χ4n) is 1.16. The number of hydrogen-bond acceptors (Lipinski definition) is 2. The van der Waals surface area contributed by atoms with Gasteiger partial charge in [0.05, 0.1) is 0 Å². The molecule has 0 aromatic heterocycles. The van der Waals surface area contributed by atoms with Gasteiger partial charge in [-0.1, -0.05) is 40.5 Å². The lowest BCUT2D eigenvalue weighted by molar-refractivity contribution is 0.470. The molecule has 0 aromatic rings. The zero-order chi connectivity index (χ0) is 10.5. The Morgan fingerprint density at radius 2 is 1.62 bits per heavy atom. The van der Waals surface area contributed by atoms with Crippen molar-refractivity contribution in [3.05, 3.63) is 0 Å². The average Bonchev–Trinajstić information content (AvgIpc) is 2.07. The van der Waals surface area contributed by atoms with E-state index in [-0.39, 0.29) is 0 Å². The Bertz CT molecular complexity index is 60.2. The second-order valence-corrected chi connectivity index (χ2v) is 3.31. The Morgan fingerprint density at radius 1 is 1.08 bits per heavy atom. The topological polar surface area (TPSA) is 24.1 Å². The molecule has 0 rings (SSSR count). The van der Waals surface area contributed by atoms with Crippen LogP contribution in [0.5, 0.6) is 0 Å². The zero-order valence-electron chi connectivity index (χ0n) is 10.1. The quantitative estimate of drug-likeness (QED) is 0.669. The molecular weight excluding hydrogens is 160 g/mol. The highest BCUT2D eigenvalue weighted by atomic mass is 15.0. The van der Waals surface area contributed by atoms with Gasteiger partial charge in [0, 0.05) is 12.6 Å². The normalized spacial score (nSPS) is 11.8. The SMILES string of the molecule is CCC.CCCC(CNC)NCC. The van der Waals surface area contributed by atoms with Crippen LogP contribution in [0.4, 0.5) is 0 Å². The van der Waals surface area contributed by atoms with E-state index < -0.39 is 0 Å². The Hall–Kier alpha value is -0.0800. The molecule has 2 N–H and O–H groups in total. The third-order valence-corrected chi connectivity index (χ3v) is 1.58. The molecule has 0 saturated carbocycles. The molecule has 0 fully saturated rings. The van der Waals surface area contributed by atoms with Crippen LogP contribution in [0, 0.1) is 0 Å².